The lowest BCUT2D eigenvalue weighted by atomic mass is 10.0. The van der Waals surface area contributed by atoms with Gasteiger partial charge in [-0.3, -0.25) is 10.1 Å². The fraction of sp³-hybridized carbons (Fsp3) is 0.500. The Hall–Kier alpha value is -1.13. The van der Waals surface area contributed by atoms with Gasteiger partial charge in [0.25, 0.3) is 5.69 Å². The number of benzene rings is 1. The summed E-state index contributed by atoms with van der Waals surface area (Å²) in [7, 11) is 0. The summed E-state index contributed by atoms with van der Waals surface area (Å²) in [6.45, 7) is 7.14. The second-order valence-electron chi connectivity index (χ2n) is 4.51. The number of hydrogen-bond donors (Lipinski definition) is 1. The highest BCUT2D eigenvalue weighted by Gasteiger charge is 2.13. The van der Waals surface area contributed by atoms with Gasteiger partial charge in [0.05, 0.1) is 4.92 Å². The zero-order valence-corrected chi connectivity index (χ0v) is 11.2. The van der Waals surface area contributed by atoms with Crippen molar-refractivity contribution in [2.75, 3.05) is 0 Å². The summed E-state index contributed by atoms with van der Waals surface area (Å²) < 4.78 is 0. The summed E-state index contributed by atoms with van der Waals surface area (Å²) in [6.07, 6.45) is 1.04. The molecule has 1 N–H and O–H groups in total. The number of nitrogens with zero attached hydrogens (tertiary/aromatic N) is 1. The van der Waals surface area contributed by atoms with Crippen molar-refractivity contribution in [3.63, 3.8) is 0 Å². The van der Waals surface area contributed by atoms with E-state index in [9.17, 15) is 10.1 Å². The van der Waals surface area contributed by atoms with Gasteiger partial charge in [-0.15, -0.1) is 12.4 Å². The van der Waals surface area contributed by atoms with Gasteiger partial charge in [0, 0.05) is 24.2 Å². The molecular weight excluding hydrogens is 240 g/mol. The third-order valence-electron chi connectivity index (χ3n) is 2.80. The molecule has 0 fully saturated rings. The number of hydrogen-bond acceptors (Lipinski definition) is 3. The molecule has 0 amide bonds. The van der Waals surface area contributed by atoms with Gasteiger partial charge in [-0.05, 0) is 25.8 Å². The first-order chi connectivity index (χ1) is 7.44. The predicted molar refractivity (Wildman–Crippen MR) is 71.6 cm³/mol. The first-order valence-electron chi connectivity index (χ1n) is 5.43. The van der Waals surface area contributed by atoms with Crippen molar-refractivity contribution in [2.45, 2.75) is 39.3 Å². The van der Waals surface area contributed by atoms with Crippen molar-refractivity contribution in [3.8, 4) is 0 Å². The van der Waals surface area contributed by atoms with Crippen LogP contribution in [0.25, 0.3) is 0 Å². The summed E-state index contributed by atoms with van der Waals surface area (Å²) in [5.41, 5.74) is 1.30. The zero-order valence-electron chi connectivity index (χ0n) is 10.4. The average molecular weight is 259 g/mol. The molecule has 1 rings (SSSR count). The Bertz CT molecular complexity index is 363. The van der Waals surface area contributed by atoms with E-state index in [1.54, 1.807) is 12.1 Å². The van der Waals surface area contributed by atoms with Gasteiger partial charge >= 0.3 is 0 Å². The van der Waals surface area contributed by atoms with Crippen molar-refractivity contribution in [1.29, 1.82) is 0 Å². The largest absolute Gasteiger partial charge is 0.308 e. The standard InChI is InChI=1S/C12H18N2O2.ClH/c1-4-12(2,3)13-9-10-5-7-11(8-6-10)14(15)16;/h5-8,13H,4,9H2,1-3H3;1H. The normalized spacial score (nSPS) is 10.8. The quantitative estimate of drug-likeness (QED) is 0.651. The van der Waals surface area contributed by atoms with Crippen LogP contribution in [0.15, 0.2) is 24.3 Å². The molecule has 0 aliphatic carbocycles. The lowest BCUT2D eigenvalue weighted by Gasteiger charge is -2.24. The summed E-state index contributed by atoms with van der Waals surface area (Å²) in [6, 6.07) is 6.65. The van der Waals surface area contributed by atoms with E-state index < -0.39 is 0 Å². The predicted octanol–water partition coefficient (Wildman–Crippen LogP) is 3.29. The molecule has 0 aromatic heterocycles. The lowest BCUT2D eigenvalue weighted by molar-refractivity contribution is -0.384. The van der Waals surface area contributed by atoms with Gasteiger partial charge in [0.1, 0.15) is 0 Å². The molecule has 0 aliphatic rings. The Morgan fingerprint density at radius 3 is 2.24 bits per heavy atom. The van der Waals surface area contributed by atoms with Crippen LogP contribution in [-0.4, -0.2) is 10.5 Å². The van der Waals surface area contributed by atoms with Crippen molar-refractivity contribution < 1.29 is 4.92 Å². The highest BCUT2D eigenvalue weighted by atomic mass is 35.5. The molecule has 96 valence electrons. The molecular formula is C12H19ClN2O2. The van der Waals surface area contributed by atoms with Crippen LogP contribution in [-0.2, 0) is 6.54 Å². The van der Waals surface area contributed by atoms with E-state index in [4.69, 9.17) is 0 Å². The summed E-state index contributed by atoms with van der Waals surface area (Å²) >= 11 is 0. The Morgan fingerprint density at radius 1 is 1.29 bits per heavy atom. The second-order valence-corrected chi connectivity index (χ2v) is 4.51. The maximum atomic E-state index is 10.5. The Kier molecular flexibility index (Phi) is 6.13. The smallest absolute Gasteiger partial charge is 0.269 e. The molecule has 0 bridgehead atoms. The molecule has 1 aromatic carbocycles. The number of rotatable bonds is 5. The van der Waals surface area contributed by atoms with Crippen molar-refractivity contribution in [2.24, 2.45) is 0 Å². The fourth-order valence-corrected chi connectivity index (χ4v) is 1.20. The van der Waals surface area contributed by atoms with E-state index in [1.165, 1.54) is 12.1 Å². The van der Waals surface area contributed by atoms with Crippen LogP contribution in [0.2, 0.25) is 0 Å². The topological polar surface area (TPSA) is 55.2 Å². The van der Waals surface area contributed by atoms with Crippen LogP contribution in [0.4, 0.5) is 5.69 Å². The Labute approximate surface area is 108 Å². The van der Waals surface area contributed by atoms with Crippen LogP contribution in [0, 0.1) is 10.1 Å². The van der Waals surface area contributed by atoms with Crippen LogP contribution >= 0.6 is 12.4 Å². The monoisotopic (exact) mass is 258 g/mol. The van der Waals surface area contributed by atoms with E-state index in [-0.39, 0.29) is 28.6 Å². The fourth-order valence-electron chi connectivity index (χ4n) is 1.20. The average Bonchev–Trinajstić information content (AvgIpc) is 2.27. The van der Waals surface area contributed by atoms with Crippen molar-refractivity contribution in [3.05, 3.63) is 39.9 Å². The summed E-state index contributed by atoms with van der Waals surface area (Å²) in [5, 5.41) is 13.9. The molecule has 0 aliphatic heterocycles. The molecule has 4 nitrogen and oxygen atoms in total. The molecule has 0 spiro atoms. The molecule has 1 aromatic rings. The van der Waals surface area contributed by atoms with Gasteiger partial charge in [-0.25, -0.2) is 0 Å². The van der Waals surface area contributed by atoms with Gasteiger partial charge in [0.15, 0.2) is 0 Å². The summed E-state index contributed by atoms with van der Waals surface area (Å²) in [4.78, 5) is 10.1. The molecule has 0 atom stereocenters. The van der Waals surface area contributed by atoms with E-state index >= 15 is 0 Å². The number of non-ortho nitro benzene ring substituents is 1. The van der Waals surface area contributed by atoms with Gasteiger partial charge < -0.3 is 5.32 Å². The van der Waals surface area contributed by atoms with Crippen LogP contribution in [0.3, 0.4) is 0 Å². The van der Waals surface area contributed by atoms with E-state index in [2.05, 4.69) is 26.1 Å². The Morgan fingerprint density at radius 2 is 1.82 bits per heavy atom. The van der Waals surface area contributed by atoms with Gasteiger partial charge in [0.2, 0.25) is 0 Å². The molecule has 5 heteroatoms. The van der Waals surface area contributed by atoms with Crippen molar-refractivity contribution >= 4 is 18.1 Å². The minimum atomic E-state index is -0.382. The molecule has 17 heavy (non-hydrogen) atoms. The van der Waals surface area contributed by atoms with Gasteiger partial charge in [-0.1, -0.05) is 19.1 Å². The van der Waals surface area contributed by atoms with E-state index in [0.29, 0.717) is 0 Å². The Balaban J connectivity index is 0.00000256. The maximum Gasteiger partial charge on any atom is 0.269 e. The summed E-state index contributed by atoms with van der Waals surface area (Å²) in [5.74, 6) is 0. The van der Waals surface area contributed by atoms with Gasteiger partial charge in [-0.2, -0.15) is 0 Å². The minimum Gasteiger partial charge on any atom is -0.308 e. The zero-order chi connectivity index (χ0) is 12.2. The molecule has 0 heterocycles. The van der Waals surface area contributed by atoms with Crippen LogP contribution in [0.1, 0.15) is 32.8 Å². The molecule has 0 saturated heterocycles. The lowest BCUT2D eigenvalue weighted by Crippen LogP contribution is -2.37. The second kappa shape index (κ2) is 6.57. The van der Waals surface area contributed by atoms with Crippen LogP contribution in [0.5, 0.6) is 0 Å². The maximum absolute atomic E-state index is 10.5. The number of nitro benzene ring substituents is 1. The number of nitrogens with one attached hydrogen (secondary N) is 1. The third-order valence-corrected chi connectivity index (χ3v) is 2.80. The van der Waals surface area contributed by atoms with Crippen LogP contribution < -0.4 is 5.32 Å². The highest BCUT2D eigenvalue weighted by molar-refractivity contribution is 5.85. The molecule has 0 saturated carbocycles. The SMILES string of the molecule is CCC(C)(C)NCc1ccc([N+](=O)[O-])cc1.Cl. The number of nitro groups is 1. The van der Waals surface area contributed by atoms with E-state index in [0.717, 1.165) is 18.5 Å². The molecule has 0 radical (unpaired) electrons. The first-order valence-corrected chi connectivity index (χ1v) is 5.43. The van der Waals surface area contributed by atoms with E-state index in [1.807, 2.05) is 0 Å². The molecule has 0 unspecified atom stereocenters. The minimum absolute atomic E-state index is 0. The first kappa shape index (κ1) is 15.9. The number of halogens is 1. The third kappa shape index (κ3) is 5.15. The van der Waals surface area contributed by atoms with Crippen molar-refractivity contribution in [1.82, 2.24) is 5.32 Å². The highest BCUT2D eigenvalue weighted by Crippen LogP contribution is 2.13.